The van der Waals surface area contributed by atoms with Gasteiger partial charge in [0.1, 0.15) is 0 Å². The van der Waals surface area contributed by atoms with E-state index in [1.807, 2.05) is 43.0 Å². The summed E-state index contributed by atoms with van der Waals surface area (Å²) in [6.07, 6.45) is 3.34. The molecule has 8 nitrogen and oxygen atoms in total. The predicted molar refractivity (Wildman–Crippen MR) is 182 cm³/mol. The highest BCUT2D eigenvalue weighted by Crippen LogP contribution is 2.32. The quantitative estimate of drug-likeness (QED) is 0.161. The van der Waals surface area contributed by atoms with Gasteiger partial charge in [0.15, 0.2) is 0 Å². The van der Waals surface area contributed by atoms with Gasteiger partial charge in [0.05, 0.1) is 29.1 Å². The number of benzene rings is 2. The van der Waals surface area contributed by atoms with Crippen molar-refractivity contribution in [2.45, 2.75) is 86.6 Å². The Hall–Kier alpha value is -3.39. The number of rotatable bonds is 17. The lowest BCUT2D eigenvalue weighted by atomic mass is 9.82. The Balaban J connectivity index is 2.02. The van der Waals surface area contributed by atoms with Gasteiger partial charge in [-0.2, -0.15) is 0 Å². The molecular formula is C36H55N5O3. The maximum absolute atomic E-state index is 14.0. The molecule has 0 saturated carbocycles. The molecule has 0 aliphatic heterocycles. The molecule has 1 aromatic heterocycles. The Morgan fingerprint density at radius 1 is 0.977 bits per heavy atom. The first-order chi connectivity index (χ1) is 20.9. The van der Waals surface area contributed by atoms with Crippen LogP contribution in [0.25, 0.3) is 11.0 Å². The van der Waals surface area contributed by atoms with Gasteiger partial charge >= 0.3 is 5.97 Å². The maximum atomic E-state index is 14.0. The zero-order valence-electron chi connectivity index (χ0n) is 28.6. The predicted octanol–water partition coefficient (Wildman–Crippen LogP) is 7.50. The molecule has 3 aromatic rings. The van der Waals surface area contributed by atoms with Gasteiger partial charge in [-0.05, 0) is 94.1 Å². The number of amides is 1. The monoisotopic (exact) mass is 605 g/mol. The van der Waals surface area contributed by atoms with E-state index in [9.17, 15) is 9.59 Å². The number of carbonyl (C=O) groups is 2. The van der Waals surface area contributed by atoms with Crippen molar-refractivity contribution in [1.82, 2.24) is 19.4 Å². The normalized spacial score (nSPS) is 12.0. The number of hydrogen-bond acceptors (Lipinski definition) is 6. The summed E-state index contributed by atoms with van der Waals surface area (Å²) in [5.41, 5.74) is 3.37. The second-order valence-electron chi connectivity index (χ2n) is 13.3. The molecule has 0 bridgehead atoms. The Morgan fingerprint density at radius 3 is 2.27 bits per heavy atom. The first-order valence-corrected chi connectivity index (χ1v) is 16.4. The Kier molecular flexibility index (Phi) is 12.8. The number of carbonyl (C=O) groups excluding carboxylic acids is 2. The maximum Gasteiger partial charge on any atom is 0.337 e. The number of esters is 1. The van der Waals surface area contributed by atoms with Crippen molar-refractivity contribution in [3.63, 3.8) is 0 Å². The second kappa shape index (κ2) is 16.1. The number of hydrogen-bond donors (Lipinski definition) is 1. The summed E-state index contributed by atoms with van der Waals surface area (Å²) < 4.78 is 7.15. The molecule has 0 unspecified atom stereocenters. The third-order valence-electron chi connectivity index (χ3n) is 8.13. The van der Waals surface area contributed by atoms with Gasteiger partial charge in [0.2, 0.25) is 11.9 Å². The average molecular weight is 606 g/mol. The summed E-state index contributed by atoms with van der Waals surface area (Å²) >= 11 is 0. The number of imidazole rings is 1. The van der Waals surface area contributed by atoms with Crippen LogP contribution in [0.15, 0.2) is 42.5 Å². The standard InChI is InChI=1S/C36H55N5O3/c1-10-12-19-39(11-2)20-14-21-41-32-23-29(36(7,8)34(43)40(24-26(3)4)25-27(5)6)17-18-31(32)38-35(41)37-30-16-13-15-28(22-30)33(42)44-9/h13,15-18,22-23,26-27H,10-12,14,19-21,24-25H2,1-9H3,(H,37,38). The van der Waals surface area contributed by atoms with Gasteiger partial charge < -0.3 is 24.4 Å². The number of nitrogens with zero attached hydrogens (tertiary/aromatic N) is 4. The lowest BCUT2D eigenvalue weighted by molar-refractivity contribution is -0.137. The molecule has 0 saturated heterocycles. The largest absolute Gasteiger partial charge is 0.465 e. The van der Waals surface area contributed by atoms with Crippen molar-refractivity contribution in [3.05, 3.63) is 53.6 Å². The Labute approximate surface area is 265 Å². The minimum atomic E-state index is -0.700. The van der Waals surface area contributed by atoms with E-state index in [4.69, 9.17) is 9.72 Å². The second-order valence-corrected chi connectivity index (χ2v) is 13.3. The first-order valence-electron chi connectivity index (χ1n) is 16.4. The van der Waals surface area contributed by atoms with E-state index in [0.29, 0.717) is 23.3 Å². The van der Waals surface area contributed by atoms with Crippen molar-refractivity contribution in [2.75, 3.05) is 45.2 Å². The first kappa shape index (κ1) is 35.1. The van der Waals surface area contributed by atoms with Crippen LogP contribution in [0.1, 0.15) is 90.6 Å². The minimum absolute atomic E-state index is 0.151. The van der Waals surface area contributed by atoms with Crippen LogP contribution in [-0.2, 0) is 21.5 Å². The molecule has 2 aromatic carbocycles. The lowest BCUT2D eigenvalue weighted by Gasteiger charge is -2.34. The van der Waals surface area contributed by atoms with Crippen LogP contribution in [-0.4, -0.2) is 71.1 Å². The lowest BCUT2D eigenvalue weighted by Crippen LogP contribution is -2.46. The van der Waals surface area contributed by atoms with Gasteiger partial charge in [-0.1, -0.05) is 60.1 Å². The Morgan fingerprint density at radius 2 is 1.66 bits per heavy atom. The molecule has 242 valence electrons. The molecule has 8 heteroatoms. The zero-order valence-corrected chi connectivity index (χ0v) is 28.6. The third-order valence-corrected chi connectivity index (χ3v) is 8.13. The number of aryl methyl sites for hydroxylation is 1. The molecule has 0 spiro atoms. The van der Waals surface area contributed by atoms with Crippen molar-refractivity contribution in [1.29, 1.82) is 0 Å². The number of methoxy groups -OCH3 is 1. The van der Waals surface area contributed by atoms with Crippen molar-refractivity contribution in [3.8, 4) is 0 Å². The van der Waals surface area contributed by atoms with Gasteiger partial charge in [-0.25, -0.2) is 9.78 Å². The van der Waals surface area contributed by atoms with E-state index >= 15 is 0 Å². The smallest absolute Gasteiger partial charge is 0.337 e. The summed E-state index contributed by atoms with van der Waals surface area (Å²) in [5.74, 6) is 1.26. The van der Waals surface area contributed by atoms with Crippen LogP contribution in [0, 0.1) is 11.8 Å². The average Bonchev–Trinajstić information content (AvgIpc) is 3.33. The van der Waals surface area contributed by atoms with Crippen LogP contribution in [0.2, 0.25) is 0 Å². The topological polar surface area (TPSA) is 79.7 Å². The van der Waals surface area contributed by atoms with Crippen molar-refractivity contribution in [2.24, 2.45) is 11.8 Å². The van der Waals surface area contributed by atoms with Gasteiger partial charge in [0.25, 0.3) is 0 Å². The number of nitrogens with one attached hydrogen (secondary N) is 1. The van der Waals surface area contributed by atoms with Gasteiger partial charge in [-0.3, -0.25) is 4.79 Å². The summed E-state index contributed by atoms with van der Waals surface area (Å²) in [6, 6.07) is 13.5. The van der Waals surface area contributed by atoms with Crippen LogP contribution in [0.5, 0.6) is 0 Å². The fourth-order valence-electron chi connectivity index (χ4n) is 5.71. The number of anilines is 2. The molecule has 0 fully saturated rings. The van der Waals surface area contributed by atoms with Gasteiger partial charge in [-0.15, -0.1) is 0 Å². The van der Waals surface area contributed by atoms with Crippen molar-refractivity contribution >= 4 is 34.5 Å². The number of unbranched alkanes of at least 4 members (excludes halogenated alkanes) is 1. The zero-order chi connectivity index (χ0) is 32.4. The SMILES string of the molecule is CCCCN(CC)CCCn1c(Nc2cccc(C(=O)OC)c2)nc2ccc(C(C)(C)C(=O)N(CC(C)C)CC(C)C)cc21. The number of aromatic nitrogens is 2. The highest BCUT2D eigenvalue weighted by Gasteiger charge is 2.35. The molecule has 44 heavy (non-hydrogen) atoms. The molecule has 0 radical (unpaired) electrons. The van der Waals surface area contributed by atoms with E-state index in [1.54, 1.807) is 12.1 Å². The van der Waals surface area contributed by atoms with Crippen LogP contribution in [0.3, 0.4) is 0 Å². The molecule has 3 rings (SSSR count). The third kappa shape index (κ3) is 9.07. The molecular weight excluding hydrogens is 550 g/mol. The van der Waals surface area contributed by atoms with E-state index in [0.717, 1.165) is 68.0 Å². The fourth-order valence-corrected chi connectivity index (χ4v) is 5.71. The van der Waals surface area contributed by atoms with Crippen LogP contribution >= 0.6 is 0 Å². The molecule has 0 aliphatic rings. The summed E-state index contributed by atoms with van der Waals surface area (Å²) in [7, 11) is 1.39. The van der Waals surface area contributed by atoms with Gasteiger partial charge in [0, 0.05) is 25.3 Å². The summed E-state index contributed by atoms with van der Waals surface area (Å²) in [4.78, 5) is 35.7. The van der Waals surface area contributed by atoms with E-state index in [2.05, 4.69) is 62.4 Å². The highest BCUT2D eigenvalue weighted by atomic mass is 16.5. The molecule has 1 heterocycles. The highest BCUT2D eigenvalue weighted by molar-refractivity contribution is 5.91. The molecule has 1 N–H and O–H groups in total. The van der Waals surface area contributed by atoms with Crippen LogP contribution < -0.4 is 5.32 Å². The fraction of sp³-hybridized carbons (Fsp3) is 0.583. The summed E-state index contributed by atoms with van der Waals surface area (Å²) in [5, 5.41) is 3.47. The number of ether oxygens (including phenoxy) is 1. The minimum Gasteiger partial charge on any atom is -0.465 e. The van der Waals surface area contributed by atoms with Crippen LogP contribution in [0.4, 0.5) is 11.6 Å². The molecule has 0 aliphatic carbocycles. The Bertz CT molecular complexity index is 1370. The van der Waals surface area contributed by atoms with Crippen molar-refractivity contribution < 1.29 is 14.3 Å². The van der Waals surface area contributed by atoms with E-state index in [1.165, 1.54) is 20.0 Å². The molecule has 0 atom stereocenters. The number of fused-ring (bicyclic) bond motifs is 1. The van der Waals surface area contributed by atoms with E-state index < -0.39 is 5.41 Å². The van der Waals surface area contributed by atoms with E-state index in [-0.39, 0.29) is 11.9 Å². The molecule has 1 amide bonds. The summed E-state index contributed by atoms with van der Waals surface area (Å²) in [6.45, 7) is 22.5.